The predicted octanol–water partition coefficient (Wildman–Crippen LogP) is 8.45. The van der Waals surface area contributed by atoms with E-state index >= 15 is 0 Å². The lowest BCUT2D eigenvalue weighted by molar-refractivity contribution is 0.114. The monoisotopic (exact) mass is 374 g/mol. The molecule has 2 aromatic carbocycles. The molecule has 4 atom stereocenters. The molecule has 150 valence electrons. The molecule has 0 aliphatic heterocycles. The van der Waals surface area contributed by atoms with E-state index in [1.807, 2.05) is 0 Å². The van der Waals surface area contributed by atoms with Gasteiger partial charge in [-0.15, -0.1) is 0 Å². The molecule has 2 aliphatic rings. The molecule has 2 aliphatic carbocycles. The van der Waals surface area contributed by atoms with E-state index in [4.69, 9.17) is 0 Å². The van der Waals surface area contributed by atoms with Crippen molar-refractivity contribution in [3.05, 3.63) is 59.7 Å². The Morgan fingerprint density at radius 1 is 0.893 bits per heavy atom. The molecule has 0 nitrogen and oxygen atoms in total. The van der Waals surface area contributed by atoms with Crippen molar-refractivity contribution in [1.82, 2.24) is 0 Å². The fourth-order valence-electron chi connectivity index (χ4n) is 6.10. The molecule has 0 spiro atoms. The molecule has 2 fully saturated rings. The van der Waals surface area contributed by atoms with Gasteiger partial charge < -0.3 is 0 Å². The molecule has 0 bridgehead atoms. The lowest BCUT2D eigenvalue weighted by atomic mass is 9.63. The molecule has 0 heterocycles. The Balaban J connectivity index is 1.42. The van der Waals surface area contributed by atoms with E-state index in [1.54, 1.807) is 5.56 Å². The second-order valence-corrected chi connectivity index (χ2v) is 9.55. The summed E-state index contributed by atoms with van der Waals surface area (Å²) in [5.41, 5.74) is 3.06. The summed E-state index contributed by atoms with van der Waals surface area (Å²) in [5, 5.41) is 2.84. The lowest BCUT2D eigenvalue weighted by Crippen LogP contribution is -2.30. The van der Waals surface area contributed by atoms with Crippen molar-refractivity contribution in [2.45, 2.75) is 84.0 Å². The van der Waals surface area contributed by atoms with E-state index in [0.29, 0.717) is 0 Å². The van der Waals surface area contributed by atoms with Crippen LogP contribution in [-0.4, -0.2) is 0 Å². The Bertz CT molecular complexity index is 799. The van der Waals surface area contributed by atoms with Crippen molar-refractivity contribution >= 4 is 10.8 Å². The van der Waals surface area contributed by atoms with Gasteiger partial charge >= 0.3 is 0 Å². The van der Waals surface area contributed by atoms with E-state index in [1.165, 1.54) is 67.7 Å². The summed E-state index contributed by atoms with van der Waals surface area (Å²) >= 11 is 0. The number of aryl methyl sites for hydroxylation is 1. The summed E-state index contributed by atoms with van der Waals surface area (Å²) < 4.78 is 0. The highest BCUT2D eigenvalue weighted by atomic mass is 14.4. The number of hydrogen-bond donors (Lipinski definition) is 0. The van der Waals surface area contributed by atoms with Crippen LogP contribution in [0, 0.1) is 17.8 Å². The van der Waals surface area contributed by atoms with Crippen molar-refractivity contribution in [1.29, 1.82) is 0 Å². The predicted molar refractivity (Wildman–Crippen MR) is 123 cm³/mol. The topological polar surface area (TPSA) is 0 Å². The van der Waals surface area contributed by atoms with Gasteiger partial charge in [-0.3, -0.25) is 0 Å². The molecule has 0 saturated heterocycles. The molecule has 4 unspecified atom stereocenters. The molecular formula is C28H38. The molecule has 0 amide bonds. The molecule has 0 heteroatoms. The van der Waals surface area contributed by atoms with Gasteiger partial charge in [-0.05, 0) is 97.4 Å². The van der Waals surface area contributed by atoms with Gasteiger partial charge in [-0.1, -0.05) is 74.7 Å². The van der Waals surface area contributed by atoms with Crippen LogP contribution >= 0.6 is 0 Å². The average molecular weight is 375 g/mol. The number of benzene rings is 2. The average Bonchev–Trinajstić information content (AvgIpc) is 2.73. The highest BCUT2D eigenvalue weighted by Gasteiger charge is 2.35. The van der Waals surface area contributed by atoms with Gasteiger partial charge in [0, 0.05) is 0 Å². The SMILES string of the molecule is C/C=C/CCc1ccc2cc(C3CCC4CC(CCC)CCC4C3)ccc2c1. The lowest BCUT2D eigenvalue weighted by Gasteiger charge is -2.42. The normalized spacial score (nSPS) is 27.9. The highest BCUT2D eigenvalue weighted by Crippen LogP contribution is 2.48. The molecule has 4 rings (SSSR count). The Morgan fingerprint density at radius 2 is 1.68 bits per heavy atom. The van der Waals surface area contributed by atoms with Crippen LogP contribution in [0.5, 0.6) is 0 Å². The summed E-state index contributed by atoms with van der Waals surface area (Å²) in [6.45, 7) is 4.46. The standard InChI is InChI=1S/C28H38/c1-3-5-6-8-22-10-12-26-20-28(16-14-24(26)18-22)27-15-13-23-17-21(7-4-2)9-11-25(23)19-27/h3,5,10,12,14,16,18,20-21,23,25,27H,4,6-9,11,13,15,17,19H2,1-2H3/b5-3+. The van der Waals surface area contributed by atoms with E-state index < -0.39 is 0 Å². The first-order valence-electron chi connectivity index (χ1n) is 11.9. The second-order valence-electron chi connectivity index (χ2n) is 9.55. The number of fused-ring (bicyclic) bond motifs is 2. The maximum atomic E-state index is 2.50. The summed E-state index contributed by atoms with van der Waals surface area (Å²) in [6, 6.07) is 14.4. The minimum absolute atomic E-state index is 0.794. The van der Waals surface area contributed by atoms with Crippen LogP contribution in [0.4, 0.5) is 0 Å². The summed E-state index contributed by atoms with van der Waals surface area (Å²) in [5.74, 6) is 3.85. The molecule has 0 aromatic heterocycles. The van der Waals surface area contributed by atoms with Gasteiger partial charge in [0.05, 0.1) is 0 Å². The van der Waals surface area contributed by atoms with Crippen LogP contribution in [0.3, 0.4) is 0 Å². The zero-order chi connectivity index (χ0) is 19.3. The zero-order valence-electron chi connectivity index (χ0n) is 18.0. The minimum Gasteiger partial charge on any atom is -0.0917 e. The van der Waals surface area contributed by atoms with Gasteiger partial charge in [0.1, 0.15) is 0 Å². The van der Waals surface area contributed by atoms with Crippen molar-refractivity contribution in [2.24, 2.45) is 17.8 Å². The van der Waals surface area contributed by atoms with Crippen LogP contribution in [0.2, 0.25) is 0 Å². The van der Waals surface area contributed by atoms with Crippen LogP contribution in [0.25, 0.3) is 10.8 Å². The van der Waals surface area contributed by atoms with Gasteiger partial charge in [0.2, 0.25) is 0 Å². The number of rotatable bonds is 6. The quantitative estimate of drug-likeness (QED) is 0.445. The minimum atomic E-state index is 0.794. The fourth-order valence-corrected chi connectivity index (χ4v) is 6.10. The van der Waals surface area contributed by atoms with Crippen molar-refractivity contribution < 1.29 is 0 Å². The highest BCUT2D eigenvalue weighted by molar-refractivity contribution is 5.84. The first kappa shape index (κ1) is 19.7. The van der Waals surface area contributed by atoms with Gasteiger partial charge in [-0.25, -0.2) is 0 Å². The Kier molecular flexibility index (Phi) is 6.55. The maximum absolute atomic E-state index is 2.50. The smallest absolute Gasteiger partial charge is 0.0159 e. The van der Waals surface area contributed by atoms with Crippen molar-refractivity contribution in [2.75, 3.05) is 0 Å². The third-order valence-corrected chi connectivity index (χ3v) is 7.65. The van der Waals surface area contributed by atoms with E-state index in [2.05, 4.69) is 62.4 Å². The van der Waals surface area contributed by atoms with Crippen molar-refractivity contribution in [3.8, 4) is 0 Å². The van der Waals surface area contributed by atoms with E-state index in [-0.39, 0.29) is 0 Å². The van der Waals surface area contributed by atoms with Gasteiger partial charge in [0.15, 0.2) is 0 Å². The molecule has 2 saturated carbocycles. The van der Waals surface area contributed by atoms with Gasteiger partial charge in [0.25, 0.3) is 0 Å². The van der Waals surface area contributed by atoms with Gasteiger partial charge in [-0.2, -0.15) is 0 Å². The van der Waals surface area contributed by atoms with Crippen LogP contribution in [-0.2, 0) is 6.42 Å². The largest absolute Gasteiger partial charge is 0.0917 e. The van der Waals surface area contributed by atoms with Crippen LogP contribution in [0.15, 0.2) is 48.6 Å². The summed E-state index contributed by atoms with van der Waals surface area (Å²) in [6.07, 6.45) is 18.4. The van der Waals surface area contributed by atoms with Crippen molar-refractivity contribution in [3.63, 3.8) is 0 Å². The third kappa shape index (κ3) is 4.53. The Morgan fingerprint density at radius 3 is 2.54 bits per heavy atom. The Hall–Kier alpha value is -1.56. The third-order valence-electron chi connectivity index (χ3n) is 7.65. The molecule has 0 radical (unpaired) electrons. The first-order chi connectivity index (χ1) is 13.8. The van der Waals surface area contributed by atoms with E-state index in [0.717, 1.165) is 36.5 Å². The maximum Gasteiger partial charge on any atom is -0.0159 e. The summed E-state index contributed by atoms with van der Waals surface area (Å²) in [7, 11) is 0. The number of hydrogen-bond acceptors (Lipinski definition) is 0. The Labute approximate surface area is 172 Å². The first-order valence-corrected chi connectivity index (χ1v) is 11.9. The fraction of sp³-hybridized carbons (Fsp3) is 0.571. The summed E-state index contributed by atoms with van der Waals surface area (Å²) in [4.78, 5) is 0. The van der Waals surface area contributed by atoms with E-state index in [9.17, 15) is 0 Å². The molecule has 2 aromatic rings. The second kappa shape index (κ2) is 9.29. The molecule has 28 heavy (non-hydrogen) atoms. The molecule has 0 N–H and O–H groups in total. The van der Waals surface area contributed by atoms with Crippen LogP contribution in [0.1, 0.15) is 88.7 Å². The zero-order valence-corrected chi connectivity index (χ0v) is 18.0. The molecular weight excluding hydrogens is 336 g/mol. The number of allylic oxidation sites excluding steroid dienone is 2. The van der Waals surface area contributed by atoms with Crippen LogP contribution < -0.4 is 0 Å².